The van der Waals surface area contributed by atoms with Crippen LogP contribution >= 0.6 is 27.3 Å². The van der Waals surface area contributed by atoms with E-state index in [0.717, 1.165) is 15.4 Å². The van der Waals surface area contributed by atoms with E-state index in [4.69, 9.17) is 5.11 Å². The summed E-state index contributed by atoms with van der Waals surface area (Å²) < 4.78 is 0.978. The van der Waals surface area contributed by atoms with E-state index in [9.17, 15) is 9.59 Å². The van der Waals surface area contributed by atoms with Gasteiger partial charge in [-0.1, -0.05) is 0 Å². The Morgan fingerprint density at radius 1 is 1.48 bits per heavy atom. The van der Waals surface area contributed by atoms with Crippen molar-refractivity contribution in [2.24, 2.45) is 0 Å². The maximum absolute atomic E-state index is 12.2. The number of carboxylic acid groups (broad SMARTS) is 1. The number of rotatable bonds is 5. The lowest BCUT2D eigenvalue weighted by Crippen LogP contribution is -2.23. The molecule has 21 heavy (non-hydrogen) atoms. The largest absolute Gasteiger partial charge is 0.478 e. The lowest BCUT2D eigenvalue weighted by Gasteiger charge is -2.06. The Labute approximate surface area is 133 Å². The highest BCUT2D eigenvalue weighted by atomic mass is 79.9. The molecule has 5 nitrogen and oxygen atoms in total. The first-order chi connectivity index (χ1) is 10.1. The molecule has 2 aromatic heterocycles. The van der Waals surface area contributed by atoms with E-state index in [1.54, 1.807) is 6.07 Å². The third-order valence-electron chi connectivity index (χ3n) is 2.55. The first-order valence-electron chi connectivity index (χ1n) is 5.92. The Hall–Kier alpha value is -1.99. The molecule has 0 saturated carbocycles. The summed E-state index contributed by atoms with van der Waals surface area (Å²) in [4.78, 5) is 27.6. The summed E-state index contributed by atoms with van der Waals surface area (Å²) in [5.74, 6) is -1.35. The minimum absolute atomic E-state index is 0.271. The maximum atomic E-state index is 12.2. The quantitative estimate of drug-likeness (QED) is 0.797. The minimum atomic E-state index is -1.08. The highest BCUT2D eigenvalue weighted by molar-refractivity contribution is 9.10. The van der Waals surface area contributed by atoms with Crippen LogP contribution in [0, 0.1) is 0 Å². The molecule has 0 aliphatic carbocycles. The number of carbonyl (C=O) groups excluding carboxylic acids is 1. The van der Waals surface area contributed by atoms with Crippen LogP contribution < -0.4 is 5.32 Å². The second kappa shape index (κ2) is 7.14. The molecule has 7 heteroatoms. The minimum Gasteiger partial charge on any atom is -0.478 e. The Morgan fingerprint density at radius 2 is 2.29 bits per heavy atom. The first kappa shape index (κ1) is 15.4. The number of amides is 1. The molecule has 0 radical (unpaired) electrons. The number of thiophene rings is 1. The number of nitrogens with one attached hydrogen (secondary N) is 1. The monoisotopic (exact) mass is 366 g/mol. The van der Waals surface area contributed by atoms with Gasteiger partial charge in [0.1, 0.15) is 0 Å². The van der Waals surface area contributed by atoms with Crippen molar-refractivity contribution >= 4 is 45.2 Å². The number of nitrogens with zero attached hydrogens (tertiary/aromatic N) is 1. The SMILES string of the molecule is O=C(O)C=Cc1cnccc1C(=O)NCc1cc(Br)cs1. The molecule has 2 heterocycles. The fraction of sp³-hybridized carbons (Fsp3) is 0.0714. The van der Waals surface area contributed by atoms with E-state index >= 15 is 0 Å². The van der Waals surface area contributed by atoms with Gasteiger partial charge in [0.25, 0.3) is 5.91 Å². The van der Waals surface area contributed by atoms with Crippen LogP contribution in [0.1, 0.15) is 20.8 Å². The summed E-state index contributed by atoms with van der Waals surface area (Å²) in [6.07, 6.45) is 5.28. The molecule has 2 rings (SSSR count). The van der Waals surface area contributed by atoms with Crippen molar-refractivity contribution in [2.75, 3.05) is 0 Å². The normalized spacial score (nSPS) is 10.7. The molecular weight excluding hydrogens is 356 g/mol. The summed E-state index contributed by atoms with van der Waals surface area (Å²) in [5.41, 5.74) is 0.850. The van der Waals surface area contributed by atoms with E-state index in [-0.39, 0.29) is 5.91 Å². The van der Waals surface area contributed by atoms with Gasteiger partial charge in [-0.2, -0.15) is 0 Å². The zero-order valence-electron chi connectivity index (χ0n) is 10.7. The van der Waals surface area contributed by atoms with Crippen LogP contribution in [0.4, 0.5) is 0 Å². The van der Waals surface area contributed by atoms with Gasteiger partial charge in [-0.3, -0.25) is 9.78 Å². The fourth-order valence-corrected chi connectivity index (χ4v) is 3.01. The van der Waals surface area contributed by atoms with Crippen LogP contribution in [0.3, 0.4) is 0 Å². The molecule has 0 aliphatic rings. The van der Waals surface area contributed by atoms with Gasteiger partial charge in [0.05, 0.1) is 6.54 Å². The fourth-order valence-electron chi connectivity index (χ4n) is 1.62. The zero-order valence-corrected chi connectivity index (χ0v) is 13.1. The lowest BCUT2D eigenvalue weighted by atomic mass is 10.1. The van der Waals surface area contributed by atoms with Crippen LogP contribution in [0.25, 0.3) is 6.08 Å². The zero-order chi connectivity index (χ0) is 15.2. The molecule has 0 unspecified atom stereocenters. The predicted molar refractivity (Wildman–Crippen MR) is 84.1 cm³/mol. The Kier molecular flexibility index (Phi) is 5.24. The van der Waals surface area contributed by atoms with Crippen LogP contribution in [0.15, 0.2) is 40.5 Å². The molecular formula is C14H11BrN2O3S. The molecule has 0 saturated heterocycles. The van der Waals surface area contributed by atoms with Gasteiger partial charge >= 0.3 is 5.97 Å². The van der Waals surface area contributed by atoms with Gasteiger partial charge in [0.2, 0.25) is 0 Å². The molecule has 2 N–H and O–H groups in total. The number of carboxylic acids is 1. The highest BCUT2D eigenvalue weighted by Gasteiger charge is 2.10. The summed E-state index contributed by atoms with van der Waals surface area (Å²) in [5, 5.41) is 13.4. The molecule has 0 bridgehead atoms. The third kappa shape index (κ3) is 4.51. The first-order valence-corrected chi connectivity index (χ1v) is 7.59. The summed E-state index contributed by atoms with van der Waals surface area (Å²) in [6, 6.07) is 3.49. The number of hydrogen-bond donors (Lipinski definition) is 2. The van der Waals surface area contributed by atoms with Crippen LogP contribution in [-0.4, -0.2) is 22.0 Å². The van der Waals surface area contributed by atoms with Gasteiger partial charge in [0, 0.05) is 44.3 Å². The van der Waals surface area contributed by atoms with Crippen molar-refractivity contribution in [1.29, 1.82) is 0 Å². The van der Waals surface area contributed by atoms with E-state index in [2.05, 4.69) is 26.2 Å². The smallest absolute Gasteiger partial charge is 0.328 e. The Bertz CT molecular complexity index is 697. The molecule has 0 aliphatic heterocycles. The second-order valence-corrected chi connectivity index (χ2v) is 5.96. The van der Waals surface area contributed by atoms with Gasteiger partial charge in [-0.15, -0.1) is 11.3 Å². The van der Waals surface area contributed by atoms with Gasteiger partial charge < -0.3 is 10.4 Å². The Morgan fingerprint density at radius 3 is 2.95 bits per heavy atom. The van der Waals surface area contributed by atoms with Crippen molar-refractivity contribution in [2.45, 2.75) is 6.54 Å². The predicted octanol–water partition coefficient (Wildman–Crippen LogP) is 2.93. The third-order valence-corrected chi connectivity index (χ3v) is 4.24. The molecule has 108 valence electrons. The van der Waals surface area contributed by atoms with Crippen molar-refractivity contribution in [3.8, 4) is 0 Å². The second-order valence-electron chi connectivity index (χ2n) is 4.05. The lowest BCUT2D eigenvalue weighted by molar-refractivity contribution is -0.131. The molecule has 1 amide bonds. The van der Waals surface area contributed by atoms with Gasteiger partial charge in [0.15, 0.2) is 0 Å². The molecule has 0 atom stereocenters. The van der Waals surface area contributed by atoms with Crippen molar-refractivity contribution in [3.05, 3.63) is 56.5 Å². The number of halogens is 1. The van der Waals surface area contributed by atoms with E-state index in [1.807, 2.05) is 11.4 Å². The summed E-state index contributed by atoms with van der Waals surface area (Å²) >= 11 is 4.89. The van der Waals surface area contributed by atoms with Crippen molar-refractivity contribution < 1.29 is 14.7 Å². The number of aromatic nitrogens is 1. The van der Waals surface area contributed by atoms with E-state index in [1.165, 1.54) is 29.8 Å². The molecule has 0 spiro atoms. The number of carbonyl (C=O) groups is 2. The van der Waals surface area contributed by atoms with E-state index in [0.29, 0.717) is 17.7 Å². The highest BCUT2D eigenvalue weighted by Crippen LogP contribution is 2.19. The molecule has 0 aromatic carbocycles. The topological polar surface area (TPSA) is 79.3 Å². The summed E-state index contributed by atoms with van der Waals surface area (Å²) in [7, 11) is 0. The molecule has 0 fully saturated rings. The standard InChI is InChI=1S/C14H11BrN2O3S/c15-10-5-11(21-8-10)7-17-14(20)12-3-4-16-6-9(12)1-2-13(18)19/h1-6,8H,7H2,(H,17,20)(H,18,19). The number of pyridine rings is 1. The number of hydrogen-bond acceptors (Lipinski definition) is 4. The van der Waals surface area contributed by atoms with Crippen LogP contribution in [-0.2, 0) is 11.3 Å². The van der Waals surface area contributed by atoms with Crippen molar-refractivity contribution in [1.82, 2.24) is 10.3 Å². The Balaban J connectivity index is 2.10. The average molecular weight is 367 g/mol. The van der Waals surface area contributed by atoms with Gasteiger partial charge in [-0.05, 0) is 34.1 Å². The van der Waals surface area contributed by atoms with Crippen LogP contribution in [0.5, 0.6) is 0 Å². The van der Waals surface area contributed by atoms with Crippen LogP contribution in [0.2, 0.25) is 0 Å². The van der Waals surface area contributed by atoms with Gasteiger partial charge in [-0.25, -0.2) is 4.79 Å². The van der Waals surface area contributed by atoms with Crippen molar-refractivity contribution in [3.63, 3.8) is 0 Å². The van der Waals surface area contributed by atoms with E-state index < -0.39 is 5.97 Å². The number of aliphatic carboxylic acids is 1. The maximum Gasteiger partial charge on any atom is 0.328 e. The average Bonchev–Trinajstić information content (AvgIpc) is 2.88. The summed E-state index contributed by atoms with van der Waals surface area (Å²) in [6.45, 7) is 0.416. The molecule has 2 aromatic rings.